The number of methoxy groups -OCH3 is 1. The van der Waals surface area contributed by atoms with Crippen molar-refractivity contribution in [3.05, 3.63) is 54.4 Å². The molecule has 1 aromatic heterocycles. The second-order valence-corrected chi connectivity index (χ2v) is 5.08. The summed E-state index contributed by atoms with van der Waals surface area (Å²) in [7, 11) is 1.59. The van der Waals surface area contributed by atoms with Gasteiger partial charge in [-0.05, 0) is 30.7 Å². The first kappa shape index (κ1) is 16.8. The number of aliphatic hydroxyl groups is 1. The van der Waals surface area contributed by atoms with Gasteiger partial charge in [0.2, 0.25) is 0 Å². The largest absolute Gasteiger partial charge is 0.494 e. The summed E-state index contributed by atoms with van der Waals surface area (Å²) in [5.74, 6) is 0.431. The highest BCUT2D eigenvalue weighted by Crippen LogP contribution is 2.23. The van der Waals surface area contributed by atoms with Crippen LogP contribution < -0.4 is 4.74 Å². The number of aromatic nitrogens is 2. The topological polar surface area (TPSA) is 67.6 Å². The zero-order chi connectivity index (χ0) is 16.8. The average molecular weight is 315 g/mol. The van der Waals surface area contributed by atoms with E-state index in [4.69, 9.17) is 9.84 Å². The zero-order valence-corrected chi connectivity index (χ0v) is 13.4. The summed E-state index contributed by atoms with van der Waals surface area (Å²) in [6.45, 7) is 6.10. The van der Waals surface area contributed by atoms with Crippen molar-refractivity contribution in [1.82, 2.24) is 14.7 Å². The third-order valence-corrected chi connectivity index (χ3v) is 3.40. The standard InChI is InChI=1S/C17H21N3O3/c1-4-8-19(10-11-21)17(22)14-7-9-20(18-14)15-12-13(2)5-6-16(15)23-3/h4-7,9,12,21H,1,8,10-11H2,2-3H3. The van der Waals surface area contributed by atoms with Crippen molar-refractivity contribution >= 4 is 5.91 Å². The van der Waals surface area contributed by atoms with E-state index in [-0.39, 0.29) is 19.1 Å². The third kappa shape index (κ3) is 3.78. The molecule has 6 heteroatoms. The molecule has 0 saturated carbocycles. The summed E-state index contributed by atoms with van der Waals surface area (Å²) in [4.78, 5) is 13.9. The number of carbonyl (C=O) groups is 1. The summed E-state index contributed by atoms with van der Waals surface area (Å²) >= 11 is 0. The van der Waals surface area contributed by atoms with Crippen LogP contribution in [0.4, 0.5) is 0 Å². The van der Waals surface area contributed by atoms with Gasteiger partial charge in [0.05, 0.1) is 13.7 Å². The molecule has 0 unspecified atom stereocenters. The fourth-order valence-corrected chi connectivity index (χ4v) is 2.27. The highest BCUT2D eigenvalue weighted by molar-refractivity contribution is 5.92. The van der Waals surface area contributed by atoms with Crippen LogP contribution in [-0.2, 0) is 0 Å². The van der Waals surface area contributed by atoms with E-state index in [9.17, 15) is 4.79 Å². The van der Waals surface area contributed by atoms with Crippen molar-refractivity contribution < 1.29 is 14.6 Å². The Balaban J connectivity index is 2.31. The van der Waals surface area contributed by atoms with Crippen LogP contribution in [-0.4, -0.2) is 52.5 Å². The molecule has 2 aromatic rings. The maximum atomic E-state index is 12.5. The number of amides is 1. The Hall–Kier alpha value is -2.60. The van der Waals surface area contributed by atoms with Gasteiger partial charge in [-0.25, -0.2) is 4.68 Å². The van der Waals surface area contributed by atoms with Crippen LogP contribution in [0, 0.1) is 6.92 Å². The van der Waals surface area contributed by atoms with Crippen LogP contribution in [0.5, 0.6) is 5.75 Å². The number of aryl methyl sites for hydroxylation is 1. The molecule has 0 aliphatic carbocycles. The van der Waals surface area contributed by atoms with Crippen LogP contribution in [0.25, 0.3) is 5.69 Å². The predicted octanol–water partition coefficient (Wildman–Crippen LogP) is 1.81. The van der Waals surface area contributed by atoms with E-state index in [0.29, 0.717) is 18.0 Å². The van der Waals surface area contributed by atoms with Crippen LogP contribution in [0.2, 0.25) is 0 Å². The van der Waals surface area contributed by atoms with E-state index >= 15 is 0 Å². The lowest BCUT2D eigenvalue weighted by molar-refractivity contribution is 0.0736. The van der Waals surface area contributed by atoms with E-state index in [2.05, 4.69) is 11.7 Å². The number of benzene rings is 1. The molecular formula is C17H21N3O3. The summed E-state index contributed by atoms with van der Waals surface area (Å²) in [5, 5.41) is 13.4. The van der Waals surface area contributed by atoms with E-state index in [0.717, 1.165) is 11.3 Å². The van der Waals surface area contributed by atoms with Crippen molar-refractivity contribution in [3.63, 3.8) is 0 Å². The normalized spacial score (nSPS) is 10.4. The average Bonchev–Trinajstić information content (AvgIpc) is 3.03. The molecule has 1 aromatic carbocycles. The molecule has 6 nitrogen and oxygen atoms in total. The first-order chi connectivity index (χ1) is 11.1. The van der Waals surface area contributed by atoms with E-state index in [1.807, 2.05) is 25.1 Å². The summed E-state index contributed by atoms with van der Waals surface area (Å²) < 4.78 is 6.96. The Bertz CT molecular complexity index is 694. The number of ether oxygens (including phenoxy) is 1. The Labute approximate surface area is 135 Å². The third-order valence-electron chi connectivity index (χ3n) is 3.40. The molecule has 1 amide bonds. The molecule has 2 rings (SSSR count). The highest BCUT2D eigenvalue weighted by Gasteiger charge is 2.18. The van der Waals surface area contributed by atoms with Crippen molar-refractivity contribution in [2.75, 3.05) is 26.8 Å². The van der Waals surface area contributed by atoms with Crippen molar-refractivity contribution in [2.45, 2.75) is 6.92 Å². The maximum absolute atomic E-state index is 12.5. The molecule has 0 aliphatic heterocycles. The van der Waals surface area contributed by atoms with Crippen molar-refractivity contribution in [3.8, 4) is 11.4 Å². The molecule has 0 spiro atoms. The fraction of sp³-hybridized carbons (Fsp3) is 0.294. The first-order valence-corrected chi connectivity index (χ1v) is 7.32. The minimum atomic E-state index is -0.246. The van der Waals surface area contributed by atoms with Crippen LogP contribution in [0.15, 0.2) is 43.1 Å². The monoisotopic (exact) mass is 315 g/mol. The minimum Gasteiger partial charge on any atom is -0.494 e. The first-order valence-electron chi connectivity index (χ1n) is 7.32. The highest BCUT2D eigenvalue weighted by atomic mass is 16.5. The predicted molar refractivity (Wildman–Crippen MR) is 88.0 cm³/mol. The van der Waals surface area contributed by atoms with Gasteiger partial charge in [-0.15, -0.1) is 6.58 Å². The van der Waals surface area contributed by atoms with Gasteiger partial charge in [-0.1, -0.05) is 12.1 Å². The van der Waals surface area contributed by atoms with Gasteiger partial charge in [-0.3, -0.25) is 4.79 Å². The molecule has 23 heavy (non-hydrogen) atoms. The summed E-state index contributed by atoms with van der Waals surface area (Å²) in [6, 6.07) is 7.40. The molecule has 0 saturated heterocycles. The summed E-state index contributed by atoms with van der Waals surface area (Å²) in [6.07, 6.45) is 3.34. The van der Waals surface area contributed by atoms with E-state index < -0.39 is 0 Å². The minimum absolute atomic E-state index is 0.105. The van der Waals surface area contributed by atoms with Crippen molar-refractivity contribution in [2.24, 2.45) is 0 Å². The second-order valence-electron chi connectivity index (χ2n) is 5.08. The van der Waals surface area contributed by atoms with Gasteiger partial charge in [0.15, 0.2) is 5.69 Å². The maximum Gasteiger partial charge on any atom is 0.274 e. The number of rotatable bonds is 7. The molecular weight excluding hydrogens is 294 g/mol. The van der Waals surface area contributed by atoms with Gasteiger partial charge < -0.3 is 14.7 Å². The van der Waals surface area contributed by atoms with Gasteiger partial charge >= 0.3 is 0 Å². The number of nitrogens with zero attached hydrogens (tertiary/aromatic N) is 3. The van der Waals surface area contributed by atoms with Crippen LogP contribution in [0.3, 0.4) is 0 Å². The van der Waals surface area contributed by atoms with Gasteiger partial charge in [0.25, 0.3) is 5.91 Å². The molecule has 1 N–H and O–H groups in total. The molecule has 0 radical (unpaired) electrons. The molecule has 0 aliphatic rings. The van der Waals surface area contributed by atoms with Crippen LogP contribution >= 0.6 is 0 Å². The second kappa shape index (κ2) is 7.60. The van der Waals surface area contributed by atoms with Crippen molar-refractivity contribution in [1.29, 1.82) is 0 Å². The van der Waals surface area contributed by atoms with Gasteiger partial charge in [0.1, 0.15) is 11.4 Å². The molecule has 0 atom stereocenters. The molecule has 1 heterocycles. The van der Waals surface area contributed by atoms with E-state index in [1.165, 1.54) is 4.90 Å². The Morgan fingerprint density at radius 2 is 2.26 bits per heavy atom. The number of hydrogen-bond donors (Lipinski definition) is 1. The van der Waals surface area contributed by atoms with Gasteiger partial charge in [-0.2, -0.15) is 5.10 Å². The lowest BCUT2D eigenvalue weighted by Gasteiger charge is -2.18. The SMILES string of the molecule is C=CCN(CCO)C(=O)c1ccn(-c2cc(C)ccc2OC)n1. The Kier molecular flexibility index (Phi) is 5.54. The summed E-state index contributed by atoms with van der Waals surface area (Å²) in [5.41, 5.74) is 2.14. The zero-order valence-electron chi connectivity index (χ0n) is 13.4. The Morgan fingerprint density at radius 3 is 2.91 bits per heavy atom. The quantitative estimate of drug-likeness (QED) is 0.791. The molecule has 0 bridgehead atoms. The Morgan fingerprint density at radius 1 is 1.48 bits per heavy atom. The molecule has 0 fully saturated rings. The fourth-order valence-electron chi connectivity index (χ4n) is 2.27. The smallest absolute Gasteiger partial charge is 0.274 e. The lowest BCUT2D eigenvalue weighted by atomic mass is 10.2. The van der Waals surface area contributed by atoms with Crippen LogP contribution in [0.1, 0.15) is 16.1 Å². The van der Waals surface area contributed by atoms with Gasteiger partial charge in [0, 0.05) is 19.3 Å². The molecule has 122 valence electrons. The number of hydrogen-bond acceptors (Lipinski definition) is 4. The lowest BCUT2D eigenvalue weighted by Crippen LogP contribution is -2.34. The number of aliphatic hydroxyl groups excluding tert-OH is 1. The number of carbonyl (C=O) groups excluding carboxylic acids is 1. The van der Waals surface area contributed by atoms with E-state index in [1.54, 1.807) is 30.1 Å².